The molecule has 1 aliphatic heterocycles. The van der Waals surface area contributed by atoms with Gasteiger partial charge in [-0.3, -0.25) is 4.79 Å². The summed E-state index contributed by atoms with van der Waals surface area (Å²) in [6, 6.07) is 4.20. The fourth-order valence-corrected chi connectivity index (χ4v) is 4.15. The van der Waals surface area contributed by atoms with E-state index >= 15 is 0 Å². The molecule has 0 radical (unpaired) electrons. The molecule has 0 saturated heterocycles. The summed E-state index contributed by atoms with van der Waals surface area (Å²) in [6.45, 7) is 2.48. The van der Waals surface area contributed by atoms with Gasteiger partial charge in [0.05, 0.1) is 30.3 Å². The van der Waals surface area contributed by atoms with Crippen molar-refractivity contribution < 1.29 is 14.6 Å². The summed E-state index contributed by atoms with van der Waals surface area (Å²) >= 11 is 0. The lowest BCUT2D eigenvalue weighted by Gasteiger charge is -2.26. The molecule has 3 heterocycles. The number of hydrogen-bond donors (Lipinski definition) is 2. The summed E-state index contributed by atoms with van der Waals surface area (Å²) in [5.41, 5.74) is 4.10. The second-order valence-corrected chi connectivity index (χ2v) is 8.17. The first-order valence-electron chi connectivity index (χ1n) is 10.1. The van der Waals surface area contributed by atoms with Crippen LogP contribution in [0.1, 0.15) is 17.5 Å². The van der Waals surface area contributed by atoms with Gasteiger partial charge in [-0.1, -0.05) is 0 Å². The Balaban J connectivity index is 1.42. The molecule has 3 aromatic rings. The Morgan fingerprint density at radius 2 is 2.20 bits per heavy atom. The van der Waals surface area contributed by atoms with Crippen molar-refractivity contribution in [1.82, 2.24) is 24.6 Å². The van der Waals surface area contributed by atoms with Crippen molar-refractivity contribution >= 4 is 28.6 Å². The number of likely N-dealkylation sites (N-methyl/N-ethyl adjacent to an activating group) is 1. The second kappa shape index (κ2) is 7.24. The Kier molecular flexibility index (Phi) is 4.54. The van der Waals surface area contributed by atoms with E-state index in [0.717, 1.165) is 36.3 Å². The minimum Gasteiger partial charge on any atom is -0.495 e. The lowest BCUT2D eigenvalue weighted by Crippen LogP contribution is -2.26. The molecule has 2 unspecified atom stereocenters. The largest absolute Gasteiger partial charge is 0.495 e. The van der Waals surface area contributed by atoms with Crippen molar-refractivity contribution in [2.24, 2.45) is 11.8 Å². The summed E-state index contributed by atoms with van der Waals surface area (Å²) in [7, 11) is 3.78. The van der Waals surface area contributed by atoms with Gasteiger partial charge in [0.1, 0.15) is 5.75 Å². The zero-order chi connectivity index (χ0) is 20.8. The average molecular weight is 408 g/mol. The number of fused-ring (bicyclic) bond motifs is 2. The molecule has 30 heavy (non-hydrogen) atoms. The Hall–Kier alpha value is -3.20. The molecule has 5 rings (SSSR count). The standard InChI is InChI=1S/C21H24N6O3/c1-26-4-3-12-7-18(30-2)17(6-13(12)10-26)24-21-22-8-15-9-23-27(19(15)25-21)11-14-5-16(14)20(28)29/h6-9,14,16H,3-5,10-11H2,1-2H3,(H,28,29)(H,22,24,25). The van der Waals surface area contributed by atoms with Crippen molar-refractivity contribution in [3.8, 4) is 5.75 Å². The first kappa shape index (κ1) is 18.8. The van der Waals surface area contributed by atoms with E-state index in [1.165, 1.54) is 11.1 Å². The van der Waals surface area contributed by atoms with Crippen LogP contribution in [0.25, 0.3) is 11.0 Å². The quantitative estimate of drug-likeness (QED) is 0.640. The second-order valence-electron chi connectivity index (χ2n) is 8.17. The van der Waals surface area contributed by atoms with E-state index in [4.69, 9.17) is 9.84 Å². The highest BCUT2D eigenvalue weighted by Crippen LogP contribution is 2.40. The van der Waals surface area contributed by atoms with Crippen LogP contribution in [-0.4, -0.2) is 56.4 Å². The Bertz CT molecular complexity index is 1130. The fraction of sp³-hybridized carbons (Fsp3) is 0.429. The van der Waals surface area contributed by atoms with Gasteiger partial charge in [-0.15, -0.1) is 0 Å². The number of rotatable bonds is 6. The van der Waals surface area contributed by atoms with E-state index in [9.17, 15) is 4.79 Å². The number of aliphatic carboxylic acids is 1. The molecule has 2 aliphatic rings. The van der Waals surface area contributed by atoms with Gasteiger partial charge in [-0.05, 0) is 49.1 Å². The Labute approximate surface area is 173 Å². The van der Waals surface area contributed by atoms with Crippen LogP contribution < -0.4 is 10.1 Å². The number of aromatic nitrogens is 4. The normalized spacial score (nSPS) is 20.7. The number of methoxy groups -OCH3 is 1. The Morgan fingerprint density at radius 1 is 1.33 bits per heavy atom. The van der Waals surface area contributed by atoms with Crippen LogP contribution in [0.4, 0.5) is 11.6 Å². The highest BCUT2D eigenvalue weighted by molar-refractivity contribution is 5.76. The topological polar surface area (TPSA) is 105 Å². The molecule has 1 fully saturated rings. The first-order chi connectivity index (χ1) is 14.5. The van der Waals surface area contributed by atoms with Crippen molar-refractivity contribution in [3.05, 3.63) is 35.7 Å². The van der Waals surface area contributed by atoms with Crippen molar-refractivity contribution in [3.63, 3.8) is 0 Å². The van der Waals surface area contributed by atoms with Crippen LogP contribution in [0.3, 0.4) is 0 Å². The SMILES string of the molecule is COc1cc2c(cc1Nc1ncc3cnn(CC4CC4C(=O)O)c3n1)CN(C)CC2. The monoisotopic (exact) mass is 408 g/mol. The van der Waals surface area contributed by atoms with Crippen molar-refractivity contribution in [2.45, 2.75) is 25.9 Å². The van der Waals surface area contributed by atoms with Crippen LogP contribution in [-0.2, 0) is 24.3 Å². The zero-order valence-corrected chi connectivity index (χ0v) is 17.0. The molecule has 0 spiro atoms. The molecule has 2 N–H and O–H groups in total. The number of nitrogens with zero attached hydrogens (tertiary/aromatic N) is 5. The summed E-state index contributed by atoms with van der Waals surface area (Å²) < 4.78 is 7.37. The summed E-state index contributed by atoms with van der Waals surface area (Å²) in [5.74, 6) is 0.310. The van der Waals surface area contributed by atoms with Crippen molar-refractivity contribution in [2.75, 3.05) is 26.0 Å². The molecule has 1 saturated carbocycles. The third-order valence-corrected chi connectivity index (χ3v) is 6.00. The molecule has 0 bridgehead atoms. The van der Waals surface area contributed by atoms with E-state index in [0.29, 0.717) is 24.6 Å². The summed E-state index contributed by atoms with van der Waals surface area (Å²) in [5, 5.41) is 17.6. The molecule has 1 aromatic carbocycles. The van der Waals surface area contributed by atoms with Gasteiger partial charge >= 0.3 is 5.97 Å². The number of carbonyl (C=O) groups is 1. The van der Waals surface area contributed by atoms with E-state index < -0.39 is 5.97 Å². The van der Waals surface area contributed by atoms with E-state index in [1.54, 1.807) is 24.2 Å². The summed E-state index contributed by atoms with van der Waals surface area (Å²) in [6.07, 6.45) is 5.14. The van der Waals surface area contributed by atoms with Crippen LogP contribution in [0, 0.1) is 11.8 Å². The molecule has 2 aromatic heterocycles. The van der Waals surface area contributed by atoms with Gasteiger partial charge in [-0.2, -0.15) is 10.1 Å². The number of nitrogens with one attached hydrogen (secondary N) is 1. The molecule has 0 amide bonds. The van der Waals surface area contributed by atoms with Gasteiger partial charge < -0.3 is 20.1 Å². The third-order valence-electron chi connectivity index (χ3n) is 6.00. The number of ether oxygens (including phenoxy) is 1. The average Bonchev–Trinajstić information content (AvgIpc) is 3.40. The number of benzene rings is 1. The van der Waals surface area contributed by atoms with E-state index in [-0.39, 0.29) is 11.8 Å². The van der Waals surface area contributed by atoms with Gasteiger partial charge in [-0.25, -0.2) is 9.67 Å². The van der Waals surface area contributed by atoms with Gasteiger partial charge in [0.2, 0.25) is 5.95 Å². The molecule has 156 valence electrons. The smallest absolute Gasteiger partial charge is 0.306 e. The molecule has 9 heteroatoms. The van der Waals surface area contributed by atoms with E-state index in [1.807, 2.05) is 0 Å². The number of anilines is 2. The molecule has 1 aliphatic carbocycles. The van der Waals surface area contributed by atoms with Crippen LogP contribution in [0.2, 0.25) is 0 Å². The zero-order valence-electron chi connectivity index (χ0n) is 17.0. The van der Waals surface area contributed by atoms with Crippen LogP contribution in [0.15, 0.2) is 24.5 Å². The lowest BCUT2D eigenvalue weighted by atomic mass is 9.99. The van der Waals surface area contributed by atoms with Gasteiger partial charge in [0, 0.05) is 25.8 Å². The van der Waals surface area contributed by atoms with Crippen molar-refractivity contribution in [1.29, 1.82) is 0 Å². The minimum absolute atomic E-state index is 0.106. The predicted molar refractivity (Wildman–Crippen MR) is 111 cm³/mol. The molecule has 9 nitrogen and oxygen atoms in total. The minimum atomic E-state index is -0.737. The highest BCUT2D eigenvalue weighted by Gasteiger charge is 2.43. The summed E-state index contributed by atoms with van der Waals surface area (Å²) in [4.78, 5) is 22.5. The lowest BCUT2D eigenvalue weighted by molar-refractivity contribution is -0.138. The predicted octanol–water partition coefficient (Wildman–Crippen LogP) is 2.29. The maximum absolute atomic E-state index is 11.1. The fourth-order valence-electron chi connectivity index (χ4n) is 4.15. The molecular formula is C21H24N6O3. The van der Waals surface area contributed by atoms with Crippen LogP contribution >= 0.6 is 0 Å². The number of carboxylic acids is 1. The van der Waals surface area contributed by atoms with Crippen LogP contribution in [0.5, 0.6) is 5.75 Å². The number of hydrogen-bond acceptors (Lipinski definition) is 7. The van der Waals surface area contributed by atoms with Gasteiger partial charge in [0.25, 0.3) is 0 Å². The van der Waals surface area contributed by atoms with E-state index in [2.05, 4.69) is 44.5 Å². The first-order valence-corrected chi connectivity index (χ1v) is 10.1. The Morgan fingerprint density at radius 3 is 2.97 bits per heavy atom. The molecular weight excluding hydrogens is 384 g/mol. The van der Waals surface area contributed by atoms with Gasteiger partial charge in [0.15, 0.2) is 5.65 Å². The molecule has 2 atom stereocenters. The third kappa shape index (κ3) is 3.45. The number of carboxylic acid groups (broad SMARTS) is 1. The maximum atomic E-state index is 11.1. The highest BCUT2D eigenvalue weighted by atomic mass is 16.5. The maximum Gasteiger partial charge on any atom is 0.306 e.